The molecule has 0 fully saturated rings. The fourth-order valence-corrected chi connectivity index (χ4v) is 2.88. The molecule has 0 bridgehead atoms. The third-order valence-corrected chi connectivity index (χ3v) is 4.12. The zero-order valence-corrected chi connectivity index (χ0v) is 15.3. The fraction of sp³-hybridized carbons (Fsp3) is 0. The van der Waals surface area contributed by atoms with Gasteiger partial charge in [0.1, 0.15) is 5.75 Å². The van der Waals surface area contributed by atoms with Gasteiger partial charge in [-0.3, -0.25) is 4.99 Å². The van der Waals surface area contributed by atoms with Gasteiger partial charge in [-0.05, 0) is 64.5 Å². The van der Waals surface area contributed by atoms with Gasteiger partial charge in [0, 0.05) is 16.8 Å². The molecule has 0 amide bonds. The van der Waals surface area contributed by atoms with Gasteiger partial charge in [-0.15, -0.1) is 0 Å². The van der Waals surface area contributed by atoms with Crippen LogP contribution in [0.3, 0.4) is 0 Å². The molecular formula is C19H13BrClN3O. The zero-order chi connectivity index (χ0) is 17.6. The van der Waals surface area contributed by atoms with Gasteiger partial charge in [0.05, 0.1) is 21.5 Å². The molecule has 0 heterocycles. The van der Waals surface area contributed by atoms with Gasteiger partial charge in [0.15, 0.2) is 0 Å². The van der Waals surface area contributed by atoms with Crippen molar-refractivity contribution < 1.29 is 5.11 Å². The summed E-state index contributed by atoms with van der Waals surface area (Å²) in [6.45, 7) is 0. The van der Waals surface area contributed by atoms with Crippen molar-refractivity contribution in [2.75, 3.05) is 0 Å². The van der Waals surface area contributed by atoms with Gasteiger partial charge in [0.25, 0.3) is 0 Å². The maximum Gasteiger partial charge on any atom is 0.138 e. The Balaban J connectivity index is 1.74. The number of azo groups is 1. The first-order chi connectivity index (χ1) is 12.1. The average molecular weight is 415 g/mol. The highest BCUT2D eigenvalue weighted by atomic mass is 79.9. The van der Waals surface area contributed by atoms with Crippen LogP contribution in [0.15, 0.2) is 86.4 Å². The number of hydrogen-bond donors (Lipinski definition) is 1. The highest BCUT2D eigenvalue weighted by Gasteiger charge is 2.05. The number of aliphatic imine (C=N–C) groups is 1. The highest BCUT2D eigenvalue weighted by molar-refractivity contribution is 9.10. The Morgan fingerprint density at radius 1 is 0.840 bits per heavy atom. The minimum atomic E-state index is 0.0985. The van der Waals surface area contributed by atoms with Crippen LogP contribution in [0, 0.1) is 0 Å². The molecular weight excluding hydrogens is 402 g/mol. The first-order valence-electron chi connectivity index (χ1n) is 7.41. The molecule has 0 aliphatic carbocycles. The molecule has 3 rings (SSSR count). The van der Waals surface area contributed by atoms with E-state index >= 15 is 0 Å². The SMILES string of the molecule is Oc1c(Br)cc(Cl)cc1C=Nc1ccc(N=Nc2ccccc2)cc1. The lowest BCUT2D eigenvalue weighted by Crippen LogP contribution is -1.84. The molecule has 0 spiro atoms. The van der Waals surface area contributed by atoms with E-state index in [1.54, 1.807) is 18.3 Å². The Kier molecular flexibility index (Phi) is 5.58. The summed E-state index contributed by atoms with van der Waals surface area (Å²) in [5.74, 6) is 0.0985. The van der Waals surface area contributed by atoms with Crippen molar-refractivity contribution in [3.8, 4) is 5.75 Å². The van der Waals surface area contributed by atoms with Crippen LogP contribution in [0.2, 0.25) is 5.02 Å². The fourth-order valence-electron chi connectivity index (χ4n) is 2.04. The number of aromatic hydroxyl groups is 1. The van der Waals surface area contributed by atoms with Crippen molar-refractivity contribution >= 4 is 50.8 Å². The van der Waals surface area contributed by atoms with E-state index in [1.807, 2.05) is 54.6 Å². The van der Waals surface area contributed by atoms with Crippen molar-refractivity contribution in [3.05, 3.63) is 81.8 Å². The molecule has 25 heavy (non-hydrogen) atoms. The quantitative estimate of drug-likeness (QED) is 0.363. The lowest BCUT2D eigenvalue weighted by Gasteiger charge is -2.02. The van der Waals surface area contributed by atoms with E-state index in [0.29, 0.717) is 15.1 Å². The van der Waals surface area contributed by atoms with Crippen molar-refractivity contribution in [3.63, 3.8) is 0 Å². The molecule has 0 saturated carbocycles. The summed E-state index contributed by atoms with van der Waals surface area (Å²) in [6, 6.07) is 20.1. The standard InChI is InChI=1S/C19H13BrClN3O/c20-18-11-14(21)10-13(19(18)25)12-22-15-6-8-17(9-7-15)24-23-16-4-2-1-3-5-16/h1-12,25H. The normalized spacial score (nSPS) is 11.4. The highest BCUT2D eigenvalue weighted by Crippen LogP contribution is 2.31. The van der Waals surface area contributed by atoms with Crippen molar-refractivity contribution in [1.82, 2.24) is 0 Å². The molecule has 0 aliphatic rings. The molecule has 0 aromatic heterocycles. The van der Waals surface area contributed by atoms with Gasteiger partial charge in [-0.2, -0.15) is 10.2 Å². The molecule has 0 radical (unpaired) electrons. The molecule has 6 heteroatoms. The van der Waals surface area contributed by atoms with Crippen molar-refractivity contribution in [1.29, 1.82) is 0 Å². The molecule has 0 atom stereocenters. The third kappa shape index (κ3) is 4.75. The lowest BCUT2D eigenvalue weighted by molar-refractivity contribution is 0.471. The van der Waals surface area contributed by atoms with E-state index < -0.39 is 0 Å². The second kappa shape index (κ2) is 8.05. The molecule has 0 aliphatic heterocycles. The second-order valence-corrected chi connectivity index (χ2v) is 6.43. The molecule has 4 nitrogen and oxygen atoms in total. The summed E-state index contributed by atoms with van der Waals surface area (Å²) < 4.78 is 0.526. The Bertz CT molecular complexity index is 925. The summed E-state index contributed by atoms with van der Waals surface area (Å²) in [5, 5.41) is 18.9. The minimum absolute atomic E-state index is 0.0985. The summed E-state index contributed by atoms with van der Waals surface area (Å²) >= 11 is 9.23. The molecule has 0 saturated heterocycles. The number of hydrogen-bond acceptors (Lipinski definition) is 4. The number of phenols is 1. The maximum atomic E-state index is 10.00. The number of nitrogens with zero attached hydrogens (tertiary/aromatic N) is 3. The smallest absolute Gasteiger partial charge is 0.138 e. The predicted molar refractivity (Wildman–Crippen MR) is 105 cm³/mol. The van der Waals surface area contributed by atoms with Crippen LogP contribution in [0.1, 0.15) is 5.56 Å². The minimum Gasteiger partial charge on any atom is -0.506 e. The van der Waals surface area contributed by atoms with Crippen molar-refractivity contribution in [2.45, 2.75) is 0 Å². The lowest BCUT2D eigenvalue weighted by atomic mass is 10.2. The Labute approximate surface area is 158 Å². The van der Waals surface area contributed by atoms with Crippen LogP contribution in [-0.4, -0.2) is 11.3 Å². The van der Waals surface area contributed by atoms with Crippen LogP contribution in [0.5, 0.6) is 5.75 Å². The van der Waals surface area contributed by atoms with E-state index in [2.05, 4.69) is 31.2 Å². The Hall–Kier alpha value is -2.50. The Morgan fingerprint density at radius 2 is 1.44 bits per heavy atom. The predicted octanol–water partition coefficient (Wildman–Crippen LogP) is 6.97. The first-order valence-corrected chi connectivity index (χ1v) is 8.58. The number of phenolic OH excluding ortho intramolecular Hbond substituents is 1. The maximum absolute atomic E-state index is 10.00. The van der Waals surface area contributed by atoms with Gasteiger partial charge in [-0.1, -0.05) is 29.8 Å². The van der Waals surface area contributed by atoms with Crippen LogP contribution in [-0.2, 0) is 0 Å². The molecule has 0 unspecified atom stereocenters. The zero-order valence-electron chi connectivity index (χ0n) is 13.0. The molecule has 1 N–H and O–H groups in total. The van der Waals surface area contributed by atoms with Crippen LogP contribution >= 0.6 is 27.5 Å². The van der Waals surface area contributed by atoms with E-state index in [4.69, 9.17) is 11.6 Å². The van der Waals surface area contributed by atoms with Gasteiger partial charge >= 0.3 is 0 Å². The van der Waals surface area contributed by atoms with Crippen LogP contribution < -0.4 is 0 Å². The van der Waals surface area contributed by atoms with E-state index in [0.717, 1.165) is 17.1 Å². The first kappa shape index (κ1) is 17.3. The van der Waals surface area contributed by atoms with Crippen LogP contribution in [0.25, 0.3) is 0 Å². The van der Waals surface area contributed by atoms with Crippen LogP contribution in [0.4, 0.5) is 17.1 Å². The number of rotatable bonds is 4. The number of halogens is 2. The monoisotopic (exact) mass is 413 g/mol. The second-order valence-electron chi connectivity index (χ2n) is 5.14. The van der Waals surface area contributed by atoms with E-state index in [-0.39, 0.29) is 5.75 Å². The van der Waals surface area contributed by atoms with Gasteiger partial charge in [-0.25, -0.2) is 0 Å². The summed E-state index contributed by atoms with van der Waals surface area (Å²) in [4.78, 5) is 4.34. The summed E-state index contributed by atoms with van der Waals surface area (Å²) in [6.07, 6.45) is 1.56. The molecule has 3 aromatic rings. The molecule has 124 valence electrons. The topological polar surface area (TPSA) is 57.3 Å². The summed E-state index contributed by atoms with van der Waals surface area (Å²) in [5.41, 5.74) is 2.80. The van der Waals surface area contributed by atoms with Gasteiger partial charge < -0.3 is 5.11 Å². The molecule has 3 aromatic carbocycles. The largest absolute Gasteiger partial charge is 0.506 e. The average Bonchev–Trinajstić information content (AvgIpc) is 2.63. The Morgan fingerprint density at radius 3 is 2.12 bits per heavy atom. The van der Waals surface area contributed by atoms with E-state index in [1.165, 1.54) is 0 Å². The summed E-state index contributed by atoms with van der Waals surface area (Å²) in [7, 11) is 0. The number of benzene rings is 3. The third-order valence-electron chi connectivity index (χ3n) is 3.30. The van der Waals surface area contributed by atoms with E-state index in [9.17, 15) is 5.11 Å². The van der Waals surface area contributed by atoms with Crippen molar-refractivity contribution in [2.24, 2.45) is 15.2 Å². The van der Waals surface area contributed by atoms with Gasteiger partial charge in [0.2, 0.25) is 0 Å².